The smallest absolute Gasteiger partial charge is 0.191 e. The Kier molecular flexibility index (Phi) is 7.24. The number of benzene rings is 2. The largest absolute Gasteiger partial charge is 0.353 e. The zero-order chi connectivity index (χ0) is 19.3. The van der Waals surface area contributed by atoms with Crippen LogP contribution in [-0.4, -0.2) is 33.8 Å². The number of hydrogen-bond donors (Lipinski definition) is 2. The zero-order valence-electron chi connectivity index (χ0n) is 16.7. The molecule has 0 radical (unpaired) electrons. The monoisotopic (exact) mass is 502 g/mol. The molecular formula is C22H27IN6. The van der Waals surface area contributed by atoms with Gasteiger partial charge < -0.3 is 10.6 Å². The lowest BCUT2D eigenvalue weighted by Crippen LogP contribution is -2.38. The fraction of sp³-hybridized carbons (Fsp3) is 0.318. The van der Waals surface area contributed by atoms with Gasteiger partial charge in [0.1, 0.15) is 12.7 Å². The van der Waals surface area contributed by atoms with Crippen molar-refractivity contribution in [2.24, 2.45) is 10.9 Å². The van der Waals surface area contributed by atoms with Gasteiger partial charge >= 0.3 is 0 Å². The minimum absolute atomic E-state index is 0. The summed E-state index contributed by atoms with van der Waals surface area (Å²) in [6, 6.07) is 17.7. The molecule has 1 fully saturated rings. The summed E-state index contributed by atoms with van der Waals surface area (Å²) >= 11 is 0. The van der Waals surface area contributed by atoms with E-state index in [1.165, 1.54) is 28.7 Å². The van der Waals surface area contributed by atoms with Crippen LogP contribution in [-0.2, 0) is 13.1 Å². The van der Waals surface area contributed by atoms with E-state index in [9.17, 15) is 0 Å². The van der Waals surface area contributed by atoms with E-state index in [1.807, 2.05) is 11.7 Å². The molecule has 1 aliphatic rings. The van der Waals surface area contributed by atoms with Crippen molar-refractivity contribution in [2.45, 2.75) is 32.5 Å². The van der Waals surface area contributed by atoms with Crippen LogP contribution in [0.1, 0.15) is 24.5 Å². The number of nitrogens with zero attached hydrogens (tertiary/aromatic N) is 4. The SMILES string of the molecule is CN=C(NCc1ccccc1-c1ccc(Cn2cncn2)cc1)NC1CC1C.I. The minimum atomic E-state index is 0. The molecule has 3 aromatic rings. The fourth-order valence-corrected chi connectivity index (χ4v) is 3.32. The molecule has 6 nitrogen and oxygen atoms in total. The van der Waals surface area contributed by atoms with Gasteiger partial charge in [-0.25, -0.2) is 9.67 Å². The molecule has 4 rings (SSSR count). The minimum Gasteiger partial charge on any atom is -0.353 e. The molecule has 0 saturated heterocycles. The molecule has 152 valence electrons. The maximum absolute atomic E-state index is 4.35. The third kappa shape index (κ3) is 5.56. The van der Waals surface area contributed by atoms with Gasteiger partial charge in [-0.3, -0.25) is 4.99 Å². The van der Waals surface area contributed by atoms with Crippen molar-refractivity contribution in [3.63, 3.8) is 0 Å². The number of rotatable bonds is 6. The molecule has 2 aromatic carbocycles. The molecule has 1 saturated carbocycles. The van der Waals surface area contributed by atoms with Crippen molar-refractivity contribution in [1.29, 1.82) is 0 Å². The summed E-state index contributed by atoms with van der Waals surface area (Å²) in [5.41, 5.74) is 4.89. The van der Waals surface area contributed by atoms with E-state index in [-0.39, 0.29) is 24.0 Å². The van der Waals surface area contributed by atoms with E-state index in [0.29, 0.717) is 6.04 Å². The number of halogens is 1. The summed E-state index contributed by atoms with van der Waals surface area (Å²) in [6.07, 6.45) is 4.51. The Morgan fingerprint density at radius 2 is 1.93 bits per heavy atom. The lowest BCUT2D eigenvalue weighted by Gasteiger charge is -2.14. The molecule has 0 spiro atoms. The molecule has 29 heavy (non-hydrogen) atoms. The maximum Gasteiger partial charge on any atom is 0.191 e. The summed E-state index contributed by atoms with van der Waals surface area (Å²) in [5.74, 6) is 1.61. The lowest BCUT2D eigenvalue weighted by atomic mass is 9.98. The molecule has 2 atom stereocenters. The highest BCUT2D eigenvalue weighted by atomic mass is 127. The van der Waals surface area contributed by atoms with Gasteiger partial charge in [-0.2, -0.15) is 5.10 Å². The molecule has 1 heterocycles. The van der Waals surface area contributed by atoms with Crippen LogP contribution in [0.4, 0.5) is 0 Å². The summed E-state index contributed by atoms with van der Waals surface area (Å²) in [6.45, 7) is 3.72. The summed E-state index contributed by atoms with van der Waals surface area (Å²) < 4.78 is 1.83. The topological polar surface area (TPSA) is 67.1 Å². The molecule has 1 aliphatic carbocycles. The normalized spacial score (nSPS) is 18.1. The van der Waals surface area contributed by atoms with Crippen LogP contribution in [0.25, 0.3) is 11.1 Å². The summed E-state index contributed by atoms with van der Waals surface area (Å²) in [4.78, 5) is 8.34. The highest BCUT2D eigenvalue weighted by molar-refractivity contribution is 14.0. The van der Waals surface area contributed by atoms with E-state index in [4.69, 9.17) is 0 Å². The molecule has 0 amide bonds. The van der Waals surface area contributed by atoms with Gasteiger partial charge in [-0.1, -0.05) is 55.5 Å². The molecule has 2 unspecified atom stereocenters. The first-order chi connectivity index (χ1) is 13.7. The van der Waals surface area contributed by atoms with Crippen molar-refractivity contribution in [1.82, 2.24) is 25.4 Å². The Morgan fingerprint density at radius 3 is 2.59 bits per heavy atom. The van der Waals surface area contributed by atoms with Gasteiger partial charge in [-0.05, 0) is 34.6 Å². The average Bonchev–Trinajstić information content (AvgIpc) is 3.18. The van der Waals surface area contributed by atoms with E-state index in [1.54, 1.807) is 12.7 Å². The van der Waals surface area contributed by atoms with Crippen LogP contribution < -0.4 is 10.6 Å². The highest BCUT2D eigenvalue weighted by Crippen LogP contribution is 2.29. The third-order valence-electron chi connectivity index (χ3n) is 5.19. The molecule has 7 heteroatoms. The van der Waals surface area contributed by atoms with E-state index in [0.717, 1.165) is 25.0 Å². The van der Waals surface area contributed by atoms with Gasteiger partial charge in [-0.15, -0.1) is 24.0 Å². The number of aliphatic imine (C=N–C) groups is 1. The van der Waals surface area contributed by atoms with E-state index in [2.05, 4.69) is 81.2 Å². The first-order valence-electron chi connectivity index (χ1n) is 9.70. The van der Waals surface area contributed by atoms with Gasteiger partial charge in [0.05, 0.1) is 6.54 Å². The number of hydrogen-bond acceptors (Lipinski definition) is 3. The van der Waals surface area contributed by atoms with E-state index >= 15 is 0 Å². The van der Waals surface area contributed by atoms with Crippen LogP contribution in [0.2, 0.25) is 0 Å². The van der Waals surface area contributed by atoms with Crippen molar-refractivity contribution in [2.75, 3.05) is 7.05 Å². The highest BCUT2D eigenvalue weighted by Gasteiger charge is 2.33. The maximum atomic E-state index is 4.35. The third-order valence-corrected chi connectivity index (χ3v) is 5.19. The molecule has 0 aliphatic heterocycles. The van der Waals surface area contributed by atoms with Gasteiger partial charge in [0.2, 0.25) is 0 Å². The van der Waals surface area contributed by atoms with Crippen LogP contribution in [0.15, 0.2) is 66.2 Å². The lowest BCUT2D eigenvalue weighted by molar-refractivity contribution is 0.685. The second kappa shape index (κ2) is 9.87. The quantitative estimate of drug-likeness (QED) is 0.307. The Morgan fingerprint density at radius 1 is 1.17 bits per heavy atom. The Bertz CT molecular complexity index is 936. The number of aromatic nitrogens is 3. The Labute approximate surface area is 188 Å². The second-order valence-electron chi connectivity index (χ2n) is 7.34. The summed E-state index contributed by atoms with van der Waals surface area (Å²) in [7, 11) is 1.82. The van der Waals surface area contributed by atoms with Gasteiger partial charge in [0, 0.05) is 19.6 Å². The first-order valence-corrected chi connectivity index (χ1v) is 9.70. The molecule has 1 aromatic heterocycles. The van der Waals surface area contributed by atoms with Crippen LogP contribution >= 0.6 is 24.0 Å². The molecule has 0 bridgehead atoms. The fourth-order valence-electron chi connectivity index (χ4n) is 3.32. The van der Waals surface area contributed by atoms with Crippen molar-refractivity contribution in [3.05, 3.63) is 72.3 Å². The molecule has 2 N–H and O–H groups in total. The van der Waals surface area contributed by atoms with Gasteiger partial charge in [0.25, 0.3) is 0 Å². The van der Waals surface area contributed by atoms with Crippen LogP contribution in [0.3, 0.4) is 0 Å². The average molecular weight is 502 g/mol. The van der Waals surface area contributed by atoms with E-state index < -0.39 is 0 Å². The van der Waals surface area contributed by atoms with Crippen molar-refractivity contribution < 1.29 is 0 Å². The Hall–Kier alpha value is -2.42. The molecular weight excluding hydrogens is 475 g/mol. The zero-order valence-corrected chi connectivity index (χ0v) is 19.1. The number of nitrogens with one attached hydrogen (secondary N) is 2. The predicted molar refractivity (Wildman–Crippen MR) is 127 cm³/mol. The standard InChI is InChI=1S/C22H26N6.HI/c1-16-11-21(16)27-22(23-2)25-12-19-5-3-4-6-20(19)18-9-7-17(8-10-18)13-28-15-24-14-26-28;/h3-10,14-16,21H,11-13H2,1-2H3,(H2,23,25,27);1H. The number of guanidine groups is 1. The first kappa shape index (κ1) is 21.3. The van der Waals surface area contributed by atoms with Crippen molar-refractivity contribution >= 4 is 29.9 Å². The van der Waals surface area contributed by atoms with Crippen molar-refractivity contribution in [3.8, 4) is 11.1 Å². The second-order valence-corrected chi connectivity index (χ2v) is 7.34. The summed E-state index contributed by atoms with van der Waals surface area (Å²) in [5, 5.41) is 11.1. The van der Waals surface area contributed by atoms with Gasteiger partial charge in [0.15, 0.2) is 5.96 Å². The van der Waals surface area contributed by atoms with Crippen LogP contribution in [0, 0.1) is 5.92 Å². The predicted octanol–water partition coefficient (Wildman–Crippen LogP) is 3.68. The Balaban J connectivity index is 0.00000240. The van der Waals surface area contributed by atoms with Crippen LogP contribution in [0.5, 0.6) is 0 Å².